The van der Waals surface area contributed by atoms with Crippen molar-refractivity contribution in [3.05, 3.63) is 120 Å². The van der Waals surface area contributed by atoms with Crippen molar-refractivity contribution in [1.29, 1.82) is 0 Å². The van der Waals surface area contributed by atoms with E-state index in [1.54, 1.807) is 18.2 Å². The van der Waals surface area contributed by atoms with Crippen molar-refractivity contribution in [1.82, 2.24) is 0 Å². The van der Waals surface area contributed by atoms with Crippen molar-refractivity contribution in [2.45, 2.75) is 28.5 Å². The molecule has 0 atom stereocenters. The van der Waals surface area contributed by atoms with Crippen LogP contribution < -0.4 is 0 Å². The molecule has 0 bridgehead atoms. The maximum Gasteiger partial charge on any atom is 0.353 e. The van der Waals surface area contributed by atoms with E-state index >= 15 is 0 Å². The molecule has 0 unspecified atom stereocenters. The van der Waals surface area contributed by atoms with Gasteiger partial charge in [0.05, 0.1) is 0 Å². The molecule has 0 heterocycles. The molecule has 31 heavy (non-hydrogen) atoms. The fraction of sp³-hybridized carbons (Fsp3) is 0.0741. The van der Waals surface area contributed by atoms with E-state index in [2.05, 4.69) is 0 Å². The fourth-order valence-corrected chi connectivity index (χ4v) is 6.43. The summed E-state index contributed by atoms with van der Waals surface area (Å²) in [6, 6.07) is 32.5. The van der Waals surface area contributed by atoms with E-state index in [0.29, 0.717) is 0 Å². The molecule has 4 rings (SSSR count). The average molecular weight is 429 g/mol. The molecule has 0 aromatic heterocycles. The molecule has 0 saturated heterocycles. The van der Waals surface area contributed by atoms with Crippen LogP contribution in [0.25, 0.3) is 0 Å². The molecule has 0 fully saturated rings. The number of carbonyl (C=O) groups excluding carboxylic acids is 1. The zero-order valence-electron chi connectivity index (χ0n) is 17.5. The van der Waals surface area contributed by atoms with E-state index < -0.39 is 16.3 Å². The standard InChI is InChI=1S/C27H24O3S/c1-20-12-16-23(17-13-20)31(22-8-4-3-5-9-22,24-18-14-21(2)15-19-24)30-27(29)25-10-6-7-11-26(25)28/h3-19,28H,1-2H3. The lowest BCUT2D eigenvalue weighted by molar-refractivity contribution is 0.0754. The predicted molar refractivity (Wildman–Crippen MR) is 125 cm³/mol. The van der Waals surface area contributed by atoms with Gasteiger partial charge in [-0.05, 0) is 72.7 Å². The molecule has 0 aliphatic heterocycles. The van der Waals surface area contributed by atoms with Crippen LogP contribution in [0.15, 0.2) is 118 Å². The quantitative estimate of drug-likeness (QED) is 0.370. The van der Waals surface area contributed by atoms with Gasteiger partial charge >= 0.3 is 5.97 Å². The first-order chi connectivity index (χ1) is 15.0. The zero-order valence-corrected chi connectivity index (χ0v) is 18.3. The van der Waals surface area contributed by atoms with Crippen LogP contribution in [0, 0.1) is 13.8 Å². The highest BCUT2D eigenvalue weighted by molar-refractivity contribution is 8.30. The number of rotatable bonds is 5. The number of benzene rings is 4. The third-order valence-corrected chi connectivity index (χ3v) is 8.32. The van der Waals surface area contributed by atoms with E-state index in [4.69, 9.17) is 4.18 Å². The van der Waals surface area contributed by atoms with E-state index in [-0.39, 0.29) is 11.3 Å². The second-order valence-electron chi connectivity index (χ2n) is 7.38. The van der Waals surface area contributed by atoms with Crippen LogP contribution in [0.1, 0.15) is 21.5 Å². The maximum absolute atomic E-state index is 13.4. The average Bonchev–Trinajstić information content (AvgIpc) is 2.79. The lowest BCUT2D eigenvalue weighted by Gasteiger charge is -2.40. The highest BCUT2D eigenvalue weighted by atomic mass is 32.3. The third-order valence-electron chi connectivity index (χ3n) is 5.11. The van der Waals surface area contributed by atoms with Gasteiger partial charge < -0.3 is 9.29 Å². The minimum absolute atomic E-state index is 0.0957. The fourth-order valence-electron chi connectivity index (χ4n) is 3.43. The topological polar surface area (TPSA) is 46.5 Å². The Morgan fingerprint density at radius 1 is 0.645 bits per heavy atom. The smallest absolute Gasteiger partial charge is 0.353 e. The molecule has 0 amide bonds. The summed E-state index contributed by atoms with van der Waals surface area (Å²) in [5.41, 5.74) is 2.40. The molecule has 3 nitrogen and oxygen atoms in total. The number of phenolic OH excluding ortho intramolecular Hbond substituents is 1. The number of hydrogen-bond acceptors (Lipinski definition) is 3. The SMILES string of the molecule is Cc1ccc(S(OC(=O)c2ccccc2O)(c2ccccc2)c2ccc(C)cc2)cc1. The Hall–Kier alpha value is -3.50. The first-order valence-electron chi connectivity index (χ1n) is 10.0. The summed E-state index contributed by atoms with van der Waals surface area (Å²) in [5.74, 6) is -0.653. The van der Waals surface area contributed by atoms with Crippen molar-refractivity contribution in [2.75, 3.05) is 0 Å². The van der Waals surface area contributed by atoms with Crippen molar-refractivity contribution in [3.8, 4) is 5.75 Å². The number of carbonyl (C=O) groups is 1. The third kappa shape index (κ3) is 4.07. The van der Waals surface area contributed by atoms with Crippen LogP contribution >= 0.6 is 10.3 Å². The largest absolute Gasteiger partial charge is 0.507 e. The minimum atomic E-state index is -2.39. The summed E-state index contributed by atoms with van der Waals surface area (Å²) in [4.78, 5) is 16.1. The van der Waals surface area contributed by atoms with Gasteiger partial charge in [-0.25, -0.2) is 4.79 Å². The first-order valence-corrected chi connectivity index (χ1v) is 11.6. The van der Waals surface area contributed by atoms with Crippen molar-refractivity contribution < 1.29 is 14.1 Å². The number of para-hydroxylation sites is 1. The van der Waals surface area contributed by atoms with Crippen LogP contribution in [0.3, 0.4) is 0 Å². The molecule has 4 heteroatoms. The first kappa shape index (κ1) is 20.8. The number of aromatic hydroxyl groups is 1. The van der Waals surface area contributed by atoms with Gasteiger partial charge in [0.25, 0.3) is 0 Å². The van der Waals surface area contributed by atoms with Crippen molar-refractivity contribution >= 4 is 16.3 Å². The summed E-state index contributed by atoms with van der Waals surface area (Å²) in [6.45, 7) is 4.06. The van der Waals surface area contributed by atoms with Crippen LogP contribution in [-0.2, 0) is 4.18 Å². The molecule has 0 spiro atoms. The van der Waals surface area contributed by atoms with Crippen molar-refractivity contribution in [3.63, 3.8) is 0 Å². The second-order valence-corrected chi connectivity index (χ2v) is 10.1. The van der Waals surface area contributed by atoms with Gasteiger partial charge in [-0.1, -0.05) is 65.7 Å². The highest BCUT2D eigenvalue weighted by Gasteiger charge is 2.36. The Bertz CT molecular complexity index is 1140. The molecule has 156 valence electrons. The molecular formula is C27H24O3S. The molecule has 4 aromatic carbocycles. The van der Waals surface area contributed by atoms with Crippen LogP contribution in [0.2, 0.25) is 0 Å². The van der Waals surface area contributed by atoms with E-state index in [0.717, 1.165) is 25.8 Å². The molecule has 0 aliphatic rings. The Morgan fingerprint density at radius 3 is 1.61 bits per heavy atom. The number of phenols is 1. The summed E-state index contributed by atoms with van der Waals surface area (Å²) in [7, 11) is -2.39. The lowest BCUT2D eigenvalue weighted by atomic mass is 10.2. The molecular weight excluding hydrogens is 404 g/mol. The Labute approximate surface area is 184 Å². The summed E-state index contributed by atoms with van der Waals surface area (Å²) < 4.78 is 6.43. The molecule has 0 saturated carbocycles. The Morgan fingerprint density at radius 2 is 1.10 bits per heavy atom. The summed E-state index contributed by atoms with van der Waals surface area (Å²) >= 11 is 0. The molecule has 4 aromatic rings. The molecule has 0 aliphatic carbocycles. The highest BCUT2D eigenvalue weighted by Crippen LogP contribution is 2.69. The van der Waals surface area contributed by atoms with Crippen molar-refractivity contribution in [2.24, 2.45) is 0 Å². The van der Waals surface area contributed by atoms with Gasteiger partial charge in [-0.3, -0.25) is 0 Å². The van der Waals surface area contributed by atoms with Gasteiger partial charge in [0.2, 0.25) is 0 Å². The summed E-state index contributed by atoms with van der Waals surface area (Å²) in [6.07, 6.45) is 0. The number of aryl methyl sites for hydroxylation is 2. The van der Waals surface area contributed by atoms with Crippen LogP contribution in [0.5, 0.6) is 5.75 Å². The zero-order chi connectivity index (χ0) is 21.8. The summed E-state index contributed by atoms with van der Waals surface area (Å²) in [5, 5.41) is 10.3. The van der Waals surface area contributed by atoms with Gasteiger partial charge in [0.1, 0.15) is 11.3 Å². The van der Waals surface area contributed by atoms with Gasteiger partial charge in [-0.15, -0.1) is 0 Å². The second kappa shape index (κ2) is 8.70. The number of hydrogen-bond donors (Lipinski definition) is 1. The monoisotopic (exact) mass is 428 g/mol. The van der Waals surface area contributed by atoms with E-state index in [9.17, 15) is 9.90 Å². The van der Waals surface area contributed by atoms with E-state index in [1.165, 1.54) is 6.07 Å². The lowest BCUT2D eigenvalue weighted by Crippen LogP contribution is -2.14. The molecule has 0 radical (unpaired) electrons. The van der Waals surface area contributed by atoms with Gasteiger partial charge in [0, 0.05) is 14.7 Å². The molecule has 1 N–H and O–H groups in total. The van der Waals surface area contributed by atoms with Gasteiger partial charge in [-0.2, -0.15) is 0 Å². The van der Waals surface area contributed by atoms with Crippen LogP contribution in [0.4, 0.5) is 0 Å². The van der Waals surface area contributed by atoms with Gasteiger partial charge in [0.15, 0.2) is 0 Å². The minimum Gasteiger partial charge on any atom is -0.507 e. The van der Waals surface area contributed by atoms with Crippen LogP contribution in [-0.4, -0.2) is 11.1 Å². The maximum atomic E-state index is 13.4. The predicted octanol–water partition coefficient (Wildman–Crippen LogP) is 7.06. The Kier molecular flexibility index (Phi) is 5.83. The Balaban J connectivity index is 1.97. The normalized spacial score (nSPS) is 11.7. The van der Waals surface area contributed by atoms with E-state index in [1.807, 2.05) is 92.7 Å².